The molecule has 1 aromatic carbocycles. The van der Waals surface area contributed by atoms with Gasteiger partial charge in [0.25, 0.3) is 0 Å². The Hall–Kier alpha value is -2.30. The molecule has 19 heavy (non-hydrogen) atoms. The van der Waals surface area contributed by atoms with Crippen LogP contribution in [0.4, 0.5) is 0 Å². The van der Waals surface area contributed by atoms with Crippen LogP contribution in [0.3, 0.4) is 0 Å². The summed E-state index contributed by atoms with van der Waals surface area (Å²) < 4.78 is 7.51. The molecule has 0 radical (unpaired) electrons. The van der Waals surface area contributed by atoms with Gasteiger partial charge in [0.1, 0.15) is 5.75 Å². The van der Waals surface area contributed by atoms with Gasteiger partial charge in [0.05, 0.1) is 17.0 Å². The second kappa shape index (κ2) is 5.56. The van der Waals surface area contributed by atoms with Crippen LogP contribution in [0.25, 0.3) is 0 Å². The molecular weight excluding hydrogens is 242 g/mol. The van der Waals surface area contributed by atoms with Gasteiger partial charge in [-0.2, -0.15) is 5.10 Å². The van der Waals surface area contributed by atoms with E-state index < -0.39 is 0 Å². The van der Waals surface area contributed by atoms with Gasteiger partial charge in [-0.3, -0.25) is 0 Å². The highest BCUT2D eigenvalue weighted by Crippen LogP contribution is 2.28. The minimum absolute atomic E-state index is 0.566. The van der Waals surface area contributed by atoms with E-state index >= 15 is 0 Å². The number of hydrogen-bond acceptors (Lipinski definition) is 4. The molecule has 1 N–H and O–H groups in total. The summed E-state index contributed by atoms with van der Waals surface area (Å²) in [4.78, 5) is 0. The van der Waals surface area contributed by atoms with Crippen LogP contribution >= 0.6 is 0 Å². The quantitative estimate of drug-likeness (QED) is 0.521. The number of aryl methyl sites for hydroxylation is 2. The molecule has 0 saturated carbocycles. The summed E-state index contributed by atoms with van der Waals surface area (Å²) in [7, 11) is 1.80. The van der Waals surface area contributed by atoms with E-state index in [4.69, 9.17) is 9.94 Å². The zero-order chi connectivity index (χ0) is 13.8. The van der Waals surface area contributed by atoms with Crippen molar-refractivity contribution in [1.82, 2.24) is 9.78 Å². The smallest absolute Gasteiger partial charge is 0.227 e. The van der Waals surface area contributed by atoms with Gasteiger partial charge < -0.3 is 9.94 Å². The number of rotatable bonds is 4. The van der Waals surface area contributed by atoms with Crippen molar-refractivity contribution >= 4 is 5.71 Å². The van der Waals surface area contributed by atoms with E-state index in [1.54, 1.807) is 11.7 Å². The Balaban J connectivity index is 2.45. The molecule has 0 spiro atoms. The van der Waals surface area contributed by atoms with Crippen LogP contribution in [0.2, 0.25) is 0 Å². The Morgan fingerprint density at radius 2 is 2.05 bits per heavy atom. The van der Waals surface area contributed by atoms with Gasteiger partial charge in [-0.1, -0.05) is 30.3 Å². The van der Waals surface area contributed by atoms with Crippen molar-refractivity contribution < 1.29 is 9.94 Å². The van der Waals surface area contributed by atoms with Crippen LogP contribution < -0.4 is 4.74 Å². The number of nitrogens with zero attached hydrogens (tertiary/aromatic N) is 3. The highest BCUT2D eigenvalue weighted by atomic mass is 16.5. The first kappa shape index (κ1) is 13.1. The second-order valence-electron chi connectivity index (χ2n) is 4.20. The standard InChI is InChI=1S/C14H17N3O2/c1-4-12(16-18)13-10(2)15-17(3)14(13)19-11-8-6-5-7-9-11/h5-9,18H,4H2,1-3H3. The maximum atomic E-state index is 9.10. The Morgan fingerprint density at radius 1 is 1.37 bits per heavy atom. The van der Waals surface area contributed by atoms with Gasteiger partial charge in [-0.15, -0.1) is 0 Å². The summed E-state index contributed by atoms with van der Waals surface area (Å²) >= 11 is 0. The predicted molar refractivity (Wildman–Crippen MR) is 73.1 cm³/mol. The molecule has 0 aliphatic carbocycles. The molecule has 1 heterocycles. The SMILES string of the molecule is CCC(=NO)c1c(C)nn(C)c1Oc1ccccc1. The van der Waals surface area contributed by atoms with E-state index in [1.165, 1.54) is 0 Å². The number of para-hydroxylation sites is 1. The summed E-state index contributed by atoms with van der Waals surface area (Å²) in [5, 5.41) is 16.8. The van der Waals surface area contributed by atoms with Crippen molar-refractivity contribution in [2.45, 2.75) is 20.3 Å². The van der Waals surface area contributed by atoms with Crippen LogP contribution in [-0.4, -0.2) is 20.7 Å². The van der Waals surface area contributed by atoms with E-state index in [2.05, 4.69) is 10.3 Å². The number of hydrogen-bond donors (Lipinski definition) is 1. The third-order valence-corrected chi connectivity index (χ3v) is 2.87. The molecule has 5 nitrogen and oxygen atoms in total. The highest BCUT2D eigenvalue weighted by molar-refractivity contribution is 6.03. The van der Waals surface area contributed by atoms with Crippen LogP contribution in [0.1, 0.15) is 24.6 Å². The first-order chi connectivity index (χ1) is 9.17. The molecule has 2 rings (SSSR count). The van der Waals surface area contributed by atoms with Gasteiger partial charge in [0.15, 0.2) is 0 Å². The van der Waals surface area contributed by atoms with Crippen molar-refractivity contribution in [2.75, 3.05) is 0 Å². The van der Waals surface area contributed by atoms with Crippen molar-refractivity contribution in [1.29, 1.82) is 0 Å². The fraction of sp³-hybridized carbons (Fsp3) is 0.286. The van der Waals surface area contributed by atoms with E-state index in [0.29, 0.717) is 18.0 Å². The van der Waals surface area contributed by atoms with E-state index in [0.717, 1.165) is 17.0 Å². The predicted octanol–water partition coefficient (Wildman–Crippen LogP) is 3.11. The zero-order valence-electron chi connectivity index (χ0n) is 11.3. The van der Waals surface area contributed by atoms with Crippen molar-refractivity contribution in [3.8, 4) is 11.6 Å². The minimum Gasteiger partial charge on any atom is -0.439 e. The Bertz CT molecular complexity index is 588. The lowest BCUT2D eigenvalue weighted by Gasteiger charge is -2.08. The van der Waals surface area contributed by atoms with Crippen LogP contribution in [0, 0.1) is 6.92 Å². The van der Waals surface area contributed by atoms with Gasteiger partial charge in [-0.25, -0.2) is 4.68 Å². The van der Waals surface area contributed by atoms with Crippen LogP contribution in [-0.2, 0) is 7.05 Å². The molecule has 0 unspecified atom stereocenters. The van der Waals surface area contributed by atoms with E-state index in [9.17, 15) is 0 Å². The molecule has 0 fully saturated rings. The molecule has 0 atom stereocenters. The fourth-order valence-corrected chi connectivity index (χ4v) is 1.98. The third kappa shape index (κ3) is 2.59. The lowest BCUT2D eigenvalue weighted by molar-refractivity contribution is 0.318. The lowest BCUT2D eigenvalue weighted by Crippen LogP contribution is -2.03. The zero-order valence-corrected chi connectivity index (χ0v) is 11.3. The molecule has 1 aromatic heterocycles. The number of ether oxygens (including phenoxy) is 1. The normalized spacial score (nSPS) is 11.6. The van der Waals surface area contributed by atoms with Crippen molar-refractivity contribution in [3.05, 3.63) is 41.6 Å². The van der Waals surface area contributed by atoms with Crippen LogP contribution in [0.15, 0.2) is 35.5 Å². The van der Waals surface area contributed by atoms with Gasteiger partial charge in [0, 0.05) is 7.05 Å². The molecule has 0 bridgehead atoms. The second-order valence-corrected chi connectivity index (χ2v) is 4.20. The summed E-state index contributed by atoms with van der Waals surface area (Å²) in [5.74, 6) is 1.30. The molecule has 2 aromatic rings. The van der Waals surface area contributed by atoms with E-state index in [1.807, 2.05) is 44.2 Å². The van der Waals surface area contributed by atoms with Crippen molar-refractivity contribution in [2.24, 2.45) is 12.2 Å². The van der Waals surface area contributed by atoms with E-state index in [-0.39, 0.29) is 0 Å². The molecule has 0 aliphatic rings. The largest absolute Gasteiger partial charge is 0.439 e. The Kier molecular flexibility index (Phi) is 3.85. The first-order valence-electron chi connectivity index (χ1n) is 6.15. The first-order valence-corrected chi connectivity index (χ1v) is 6.15. The van der Waals surface area contributed by atoms with Gasteiger partial charge in [0.2, 0.25) is 5.88 Å². The fourth-order valence-electron chi connectivity index (χ4n) is 1.98. The number of aromatic nitrogens is 2. The topological polar surface area (TPSA) is 59.6 Å². The van der Waals surface area contributed by atoms with Crippen molar-refractivity contribution in [3.63, 3.8) is 0 Å². The summed E-state index contributed by atoms with van der Waals surface area (Å²) in [6.45, 7) is 3.79. The monoisotopic (exact) mass is 259 g/mol. The maximum absolute atomic E-state index is 9.10. The molecule has 0 amide bonds. The molecule has 100 valence electrons. The maximum Gasteiger partial charge on any atom is 0.227 e. The Morgan fingerprint density at radius 3 is 2.63 bits per heavy atom. The summed E-state index contributed by atoms with van der Waals surface area (Å²) in [6.07, 6.45) is 0.605. The van der Waals surface area contributed by atoms with Gasteiger partial charge >= 0.3 is 0 Å². The molecule has 0 aliphatic heterocycles. The number of benzene rings is 1. The number of oxime groups is 1. The minimum atomic E-state index is 0.566. The average Bonchev–Trinajstić information content (AvgIpc) is 2.69. The van der Waals surface area contributed by atoms with Crippen LogP contribution in [0.5, 0.6) is 11.6 Å². The Labute approximate surface area is 112 Å². The average molecular weight is 259 g/mol. The summed E-state index contributed by atoms with van der Waals surface area (Å²) in [6, 6.07) is 9.47. The molecular formula is C14H17N3O2. The van der Waals surface area contributed by atoms with Gasteiger partial charge in [-0.05, 0) is 25.5 Å². The third-order valence-electron chi connectivity index (χ3n) is 2.87. The molecule has 0 saturated heterocycles. The highest BCUT2D eigenvalue weighted by Gasteiger charge is 2.19. The summed E-state index contributed by atoms with van der Waals surface area (Å²) in [5.41, 5.74) is 2.09. The lowest BCUT2D eigenvalue weighted by atomic mass is 10.1. The molecule has 5 heteroatoms.